The zero-order valence-electron chi connectivity index (χ0n) is 16.8. The molecule has 5 heteroatoms. The monoisotopic (exact) mass is 378 g/mol. The predicted molar refractivity (Wildman–Crippen MR) is 112 cm³/mol. The van der Waals surface area contributed by atoms with Crippen molar-refractivity contribution in [3.8, 4) is 11.5 Å². The van der Waals surface area contributed by atoms with Crippen molar-refractivity contribution in [1.29, 1.82) is 0 Å². The number of carbonyl (C=O) groups excluding carboxylic acids is 1. The number of ether oxygens (including phenoxy) is 2. The van der Waals surface area contributed by atoms with Crippen molar-refractivity contribution in [2.45, 2.75) is 40.2 Å². The van der Waals surface area contributed by atoms with E-state index in [1.165, 1.54) is 5.56 Å². The summed E-state index contributed by atoms with van der Waals surface area (Å²) in [4.78, 5) is 17.1. The van der Waals surface area contributed by atoms with Gasteiger partial charge in [-0.05, 0) is 74.7 Å². The number of hydrogen-bond donors (Lipinski definition) is 1. The molecule has 0 aliphatic heterocycles. The molecule has 0 saturated heterocycles. The zero-order chi connectivity index (χ0) is 20.1. The number of rotatable bonds is 7. The Labute approximate surface area is 165 Å². The molecular formula is C23H26N2O3. The van der Waals surface area contributed by atoms with E-state index in [-0.39, 0.29) is 5.91 Å². The minimum absolute atomic E-state index is 0.217. The lowest BCUT2D eigenvalue weighted by Gasteiger charge is -2.17. The molecule has 1 heterocycles. The fourth-order valence-electron chi connectivity index (χ4n) is 2.86. The summed E-state index contributed by atoms with van der Waals surface area (Å²) in [6.45, 7) is 8.49. The van der Waals surface area contributed by atoms with Crippen molar-refractivity contribution in [2.24, 2.45) is 0 Å². The number of anilines is 1. The Morgan fingerprint density at radius 3 is 2.71 bits per heavy atom. The first-order valence-electron chi connectivity index (χ1n) is 9.55. The Balaban J connectivity index is 1.77. The number of nitrogens with zero attached hydrogens (tertiary/aromatic N) is 1. The van der Waals surface area contributed by atoms with Gasteiger partial charge < -0.3 is 14.8 Å². The van der Waals surface area contributed by atoms with E-state index in [2.05, 4.69) is 17.2 Å². The van der Waals surface area contributed by atoms with E-state index in [0.717, 1.165) is 28.6 Å². The van der Waals surface area contributed by atoms with Gasteiger partial charge in [-0.3, -0.25) is 9.78 Å². The molecule has 0 bridgehead atoms. The van der Waals surface area contributed by atoms with Crippen LogP contribution in [0.3, 0.4) is 0 Å². The van der Waals surface area contributed by atoms with E-state index in [9.17, 15) is 4.79 Å². The molecule has 146 valence electrons. The van der Waals surface area contributed by atoms with E-state index in [4.69, 9.17) is 9.47 Å². The van der Waals surface area contributed by atoms with Gasteiger partial charge in [0.05, 0.1) is 12.3 Å². The lowest BCUT2D eigenvalue weighted by Crippen LogP contribution is -2.30. The van der Waals surface area contributed by atoms with Crippen LogP contribution in [0.15, 0.2) is 48.7 Å². The van der Waals surface area contributed by atoms with Gasteiger partial charge in [-0.2, -0.15) is 0 Å². The molecule has 3 aromatic rings. The summed E-state index contributed by atoms with van der Waals surface area (Å²) in [5.41, 5.74) is 3.74. The molecule has 5 nitrogen and oxygen atoms in total. The predicted octanol–water partition coefficient (Wildman–Crippen LogP) is 5.05. The summed E-state index contributed by atoms with van der Waals surface area (Å²) in [5, 5.41) is 3.79. The third kappa shape index (κ3) is 4.42. The van der Waals surface area contributed by atoms with Gasteiger partial charge in [0, 0.05) is 11.6 Å². The fourth-order valence-corrected chi connectivity index (χ4v) is 2.86. The lowest BCUT2D eigenvalue weighted by atomic mass is 10.1. The third-order valence-electron chi connectivity index (χ3n) is 4.61. The number of fused-ring (bicyclic) bond motifs is 1. The largest absolute Gasteiger partial charge is 0.491 e. The minimum atomic E-state index is -0.634. The number of amides is 1. The molecule has 0 radical (unpaired) electrons. The molecule has 1 amide bonds. The third-order valence-corrected chi connectivity index (χ3v) is 4.61. The van der Waals surface area contributed by atoms with Gasteiger partial charge in [-0.25, -0.2) is 0 Å². The lowest BCUT2D eigenvalue weighted by molar-refractivity contribution is -0.122. The molecule has 28 heavy (non-hydrogen) atoms. The molecule has 0 aliphatic rings. The molecule has 0 fully saturated rings. The normalized spacial score (nSPS) is 11.9. The van der Waals surface area contributed by atoms with Crippen LogP contribution in [0.25, 0.3) is 10.9 Å². The number of benzene rings is 2. The van der Waals surface area contributed by atoms with Crippen molar-refractivity contribution < 1.29 is 14.3 Å². The standard InChI is InChI=1S/C23H26N2O3/c1-5-13-27-21-11-10-20(19-7-6-12-24-22(19)21)25-23(26)17(4)28-18-9-8-15(2)16(3)14-18/h6-12,14,17H,5,13H2,1-4H3,(H,25,26). The van der Waals surface area contributed by atoms with Crippen molar-refractivity contribution in [3.05, 3.63) is 59.8 Å². The highest BCUT2D eigenvalue weighted by atomic mass is 16.5. The highest BCUT2D eigenvalue weighted by Gasteiger charge is 2.17. The summed E-state index contributed by atoms with van der Waals surface area (Å²) in [6, 6.07) is 13.3. The second-order valence-electron chi connectivity index (χ2n) is 6.85. The average molecular weight is 378 g/mol. The van der Waals surface area contributed by atoms with Crippen LogP contribution >= 0.6 is 0 Å². The van der Waals surface area contributed by atoms with Crippen LogP contribution in [0, 0.1) is 13.8 Å². The first-order chi connectivity index (χ1) is 13.5. The quantitative estimate of drug-likeness (QED) is 0.625. The molecule has 3 rings (SSSR count). The highest BCUT2D eigenvalue weighted by Crippen LogP contribution is 2.30. The summed E-state index contributed by atoms with van der Waals surface area (Å²) in [5.74, 6) is 1.18. The van der Waals surface area contributed by atoms with Crippen LogP contribution in [0.2, 0.25) is 0 Å². The molecule has 2 aromatic carbocycles. The van der Waals surface area contributed by atoms with E-state index >= 15 is 0 Å². The van der Waals surface area contributed by atoms with Crippen LogP contribution < -0.4 is 14.8 Å². The Hall–Kier alpha value is -3.08. The fraction of sp³-hybridized carbons (Fsp3) is 0.304. The number of aryl methyl sites for hydroxylation is 2. The SMILES string of the molecule is CCCOc1ccc(NC(=O)C(C)Oc2ccc(C)c(C)c2)c2cccnc12. The van der Waals surface area contributed by atoms with Crippen LogP contribution in [0.4, 0.5) is 5.69 Å². The molecule has 1 unspecified atom stereocenters. The molecule has 1 N–H and O–H groups in total. The van der Waals surface area contributed by atoms with Crippen molar-refractivity contribution in [2.75, 3.05) is 11.9 Å². The Morgan fingerprint density at radius 1 is 1.14 bits per heavy atom. The first kappa shape index (κ1) is 19.7. The van der Waals surface area contributed by atoms with Gasteiger partial charge in [-0.1, -0.05) is 13.0 Å². The van der Waals surface area contributed by atoms with E-state index < -0.39 is 6.10 Å². The van der Waals surface area contributed by atoms with Gasteiger partial charge in [0.15, 0.2) is 6.10 Å². The number of carbonyl (C=O) groups is 1. The van der Waals surface area contributed by atoms with Crippen molar-refractivity contribution in [3.63, 3.8) is 0 Å². The van der Waals surface area contributed by atoms with Gasteiger partial charge in [-0.15, -0.1) is 0 Å². The van der Waals surface area contributed by atoms with E-state index in [1.54, 1.807) is 13.1 Å². The highest BCUT2D eigenvalue weighted by molar-refractivity contribution is 6.04. The van der Waals surface area contributed by atoms with Crippen LogP contribution in [-0.2, 0) is 4.79 Å². The number of pyridine rings is 1. The van der Waals surface area contributed by atoms with Crippen LogP contribution in [0.1, 0.15) is 31.4 Å². The second kappa shape index (κ2) is 8.74. The topological polar surface area (TPSA) is 60.5 Å². The molecular weight excluding hydrogens is 352 g/mol. The molecule has 0 aliphatic carbocycles. The minimum Gasteiger partial charge on any atom is -0.491 e. The summed E-state index contributed by atoms with van der Waals surface area (Å²) < 4.78 is 11.6. The number of aromatic nitrogens is 1. The average Bonchev–Trinajstić information content (AvgIpc) is 2.70. The first-order valence-corrected chi connectivity index (χ1v) is 9.55. The van der Waals surface area contributed by atoms with Gasteiger partial charge in [0.25, 0.3) is 5.91 Å². The Bertz CT molecular complexity index is 985. The van der Waals surface area contributed by atoms with Crippen LogP contribution in [-0.4, -0.2) is 23.6 Å². The molecule has 1 aromatic heterocycles. The van der Waals surface area contributed by atoms with Crippen molar-refractivity contribution in [1.82, 2.24) is 4.98 Å². The van der Waals surface area contributed by atoms with E-state index in [1.807, 2.05) is 56.3 Å². The Kier molecular flexibility index (Phi) is 6.14. The maximum absolute atomic E-state index is 12.7. The summed E-state index contributed by atoms with van der Waals surface area (Å²) in [6.07, 6.45) is 2.00. The maximum Gasteiger partial charge on any atom is 0.265 e. The van der Waals surface area contributed by atoms with Crippen molar-refractivity contribution >= 4 is 22.5 Å². The zero-order valence-corrected chi connectivity index (χ0v) is 16.8. The van der Waals surface area contributed by atoms with Gasteiger partial charge >= 0.3 is 0 Å². The van der Waals surface area contributed by atoms with Gasteiger partial charge in [0.1, 0.15) is 17.0 Å². The number of nitrogens with one attached hydrogen (secondary N) is 1. The Morgan fingerprint density at radius 2 is 1.96 bits per heavy atom. The molecule has 0 saturated carbocycles. The number of hydrogen-bond acceptors (Lipinski definition) is 4. The smallest absolute Gasteiger partial charge is 0.265 e. The summed E-state index contributed by atoms with van der Waals surface area (Å²) in [7, 11) is 0. The molecule has 0 spiro atoms. The van der Waals surface area contributed by atoms with Gasteiger partial charge in [0.2, 0.25) is 0 Å². The van der Waals surface area contributed by atoms with E-state index in [0.29, 0.717) is 18.0 Å². The molecule has 1 atom stereocenters. The maximum atomic E-state index is 12.7. The second-order valence-corrected chi connectivity index (χ2v) is 6.85. The summed E-state index contributed by atoms with van der Waals surface area (Å²) >= 11 is 0. The van der Waals surface area contributed by atoms with Crippen LogP contribution in [0.5, 0.6) is 11.5 Å².